The highest BCUT2D eigenvalue weighted by atomic mass is 79.9. The quantitative estimate of drug-likeness (QED) is 0.334. The van der Waals surface area contributed by atoms with Gasteiger partial charge in [-0.05, 0) is 24.6 Å². The number of nitrogens with one attached hydrogen (secondary N) is 1. The smallest absolute Gasteiger partial charge is 0.254 e. The summed E-state index contributed by atoms with van der Waals surface area (Å²) in [4.78, 5) is 11.9. The van der Waals surface area contributed by atoms with E-state index in [1.54, 1.807) is 6.07 Å². The number of hydrogen-bond donors (Lipinski definition) is 3. The molecule has 0 heterocycles. The average Bonchev–Trinajstić information content (AvgIpc) is 2.37. The number of carbonyl (C=O) groups is 1. The van der Waals surface area contributed by atoms with Gasteiger partial charge in [-0.2, -0.15) is 0 Å². The van der Waals surface area contributed by atoms with Gasteiger partial charge in [0.05, 0.1) is 11.6 Å². The highest BCUT2D eigenvalue weighted by Gasteiger charge is 2.19. The molecule has 1 atom stereocenters. The van der Waals surface area contributed by atoms with Gasteiger partial charge in [-0.25, -0.2) is 4.39 Å². The molecule has 0 aliphatic heterocycles. The van der Waals surface area contributed by atoms with E-state index in [0.29, 0.717) is 10.9 Å². The van der Waals surface area contributed by atoms with E-state index in [4.69, 9.17) is 10.9 Å². The van der Waals surface area contributed by atoms with Crippen LogP contribution in [-0.2, 0) is 0 Å². The van der Waals surface area contributed by atoms with Crippen LogP contribution in [0.2, 0.25) is 0 Å². The predicted octanol–water partition coefficient (Wildman–Crippen LogP) is 2.23. The summed E-state index contributed by atoms with van der Waals surface area (Å²) in [7, 11) is 0. The first-order valence-corrected chi connectivity index (χ1v) is 6.52. The number of nitrogens with two attached hydrogens (primary N) is 1. The van der Waals surface area contributed by atoms with Crippen molar-refractivity contribution in [3.63, 3.8) is 0 Å². The fraction of sp³-hybridized carbons (Fsp3) is 0.333. The monoisotopic (exact) mass is 331 g/mol. The Hall–Kier alpha value is -1.63. The second-order valence-corrected chi connectivity index (χ2v) is 4.88. The van der Waals surface area contributed by atoms with Crippen molar-refractivity contribution in [2.45, 2.75) is 25.8 Å². The zero-order valence-corrected chi connectivity index (χ0v) is 11.9. The fourth-order valence-electron chi connectivity index (χ4n) is 1.56. The Balaban J connectivity index is 2.87. The molecule has 1 rings (SSSR count). The molecule has 4 N–H and O–H groups in total. The number of amidine groups is 1. The van der Waals surface area contributed by atoms with Crippen molar-refractivity contribution in [2.24, 2.45) is 10.9 Å². The third kappa shape index (κ3) is 4.20. The normalized spacial score (nSPS) is 13.1. The molecule has 0 fully saturated rings. The number of oxime groups is 1. The van der Waals surface area contributed by atoms with Gasteiger partial charge in [0.2, 0.25) is 0 Å². The van der Waals surface area contributed by atoms with Crippen molar-refractivity contribution in [1.82, 2.24) is 5.32 Å². The lowest BCUT2D eigenvalue weighted by Gasteiger charge is -2.16. The molecule has 1 aromatic carbocycles. The van der Waals surface area contributed by atoms with Crippen LogP contribution >= 0.6 is 15.9 Å². The summed E-state index contributed by atoms with van der Waals surface area (Å²) in [6.07, 6.45) is 1.23. The van der Waals surface area contributed by atoms with Crippen molar-refractivity contribution >= 4 is 27.7 Å². The van der Waals surface area contributed by atoms with Gasteiger partial charge in [0, 0.05) is 4.47 Å². The lowest BCUT2D eigenvalue weighted by atomic mass is 10.1. The summed E-state index contributed by atoms with van der Waals surface area (Å²) in [6, 6.07) is 3.51. The molecule has 0 aliphatic rings. The van der Waals surface area contributed by atoms with Crippen molar-refractivity contribution in [3.8, 4) is 0 Å². The van der Waals surface area contributed by atoms with Crippen molar-refractivity contribution in [2.75, 3.05) is 0 Å². The number of amides is 1. The van der Waals surface area contributed by atoms with E-state index >= 15 is 0 Å². The molecule has 104 valence electrons. The van der Waals surface area contributed by atoms with Gasteiger partial charge >= 0.3 is 0 Å². The van der Waals surface area contributed by atoms with E-state index in [0.717, 1.165) is 6.42 Å². The summed E-state index contributed by atoms with van der Waals surface area (Å²) >= 11 is 3.11. The summed E-state index contributed by atoms with van der Waals surface area (Å²) in [5.74, 6) is -1.34. The lowest BCUT2D eigenvalue weighted by Crippen LogP contribution is -2.44. The third-order valence-corrected chi connectivity index (χ3v) is 3.02. The van der Waals surface area contributed by atoms with Gasteiger partial charge in [-0.15, -0.1) is 0 Å². The molecular weight excluding hydrogens is 317 g/mol. The zero-order chi connectivity index (χ0) is 14.4. The molecule has 0 aliphatic carbocycles. The number of rotatable bonds is 5. The van der Waals surface area contributed by atoms with E-state index in [1.807, 2.05) is 6.92 Å². The molecular formula is C12H15BrFN3O2. The summed E-state index contributed by atoms with van der Waals surface area (Å²) in [5, 5.41) is 14.0. The number of carbonyl (C=O) groups excluding carboxylic acids is 1. The first-order valence-electron chi connectivity index (χ1n) is 5.73. The molecule has 0 radical (unpaired) electrons. The van der Waals surface area contributed by atoms with Crippen LogP contribution in [0.4, 0.5) is 4.39 Å². The Bertz CT molecular complexity index is 494. The minimum atomic E-state index is -0.637. The minimum absolute atomic E-state index is 0.0879. The summed E-state index contributed by atoms with van der Waals surface area (Å²) in [5.41, 5.74) is 5.39. The SMILES string of the molecule is CCCC(NC(=O)c1ccc(Br)cc1F)/C(N)=N/O. The van der Waals surface area contributed by atoms with Crippen LogP contribution in [0.1, 0.15) is 30.1 Å². The number of benzene rings is 1. The molecule has 19 heavy (non-hydrogen) atoms. The molecule has 1 unspecified atom stereocenters. The minimum Gasteiger partial charge on any atom is -0.409 e. The second-order valence-electron chi connectivity index (χ2n) is 3.96. The molecule has 0 saturated carbocycles. The van der Waals surface area contributed by atoms with Gasteiger partial charge in [0.25, 0.3) is 5.91 Å². The first-order chi connectivity index (χ1) is 8.99. The van der Waals surface area contributed by atoms with E-state index in [-0.39, 0.29) is 11.4 Å². The maximum absolute atomic E-state index is 13.6. The number of nitrogens with zero attached hydrogens (tertiary/aromatic N) is 1. The topological polar surface area (TPSA) is 87.7 Å². The lowest BCUT2D eigenvalue weighted by molar-refractivity contribution is 0.0941. The maximum Gasteiger partial charge on any atom is 0.254 e. The molecule has 1 aromatic rings. The van der Waals surface area contributed by atoms with Crippen LogP contribution in [-0.4, -0.2) is 23.0 Å². The van der Waals surface area contributed by atoms with Gasteiger partial charge < -0.3 is 16.3 Å². The Kier molecular flexibility index (Phi) is 5.75. The Morgan fingerprint density at radius 2 is 2.32 bits per heavy atom. The largest absolute Gasteiger partial charge is 0.409 e. The maximum atomic E-state index is 13.6. The van der Waals surface area contributed by atoms with Gasteiger partial charge in [-0.3, -0.25) is 4.79 Å². The van der Waals surface area contributed by atoms with E-state index in [9.17, 15) is 9.18 Å². The highest BCUT2D eigenvalue weighted by molar-refractivity contribution is 9.10. The van der Waals surface area contributed by atoms with Gasteiger partial charge in [0.1, 0.15) is 5.82 Å². The Morgan fingerprint density at radius 3 is 2.84 bits per heavy atom. The second kappa shape index (κ2) is 7.08. The molecule has 1 amide bonds. The summed E-state index contributed by atoms with van der Waals surface area (Å²) in [6.45, 7) is 1.89. The van der Waals surface area contributed by atoms with E-state index in [1.165, 1.54) is 12.1 Å². The number of hydrogen-bond acceptors (Lipinski definition) is 3. The van der Waals surface area contributed by atoms with Crippen LogP contribution in [0.15, 0.2) is 27.8 Å². The Labute approximate surface area is 118 Å². The average molecular weight is 332 g/mol. The summed E-state index contributed by atoms with van der Waals surface area (Å²) < 4.78 is 14.2. The van der Waals surface area contributed by atoms with Crippen LogP contribution < -0.4 is 11.1 Å². The van der Waals surface area contributed by atoms with Crippen molar-refractivity contribution in [1.29, 1.82) is 0 Å². The molecule has 7 heteroatoms. The van der Waals surface area contributed by atoms with Crippen molar-refractivity contribution in [3.05, 3.63) is 34.1 Å². The fourth-order valence-corrected chi connectivity index (χ4v) is 1.90. The zero-order valence-electron chi connectivity index (χ0n) is 10.4. The molecule has 5 nitrogen and oxygen atoms in total. The van der Waals surface area contributed by atoms with Gasteiger partial charge in [0.15, 0.2) is 5.84 Å². The number of halogens is 2. The van der Waals surface area contributed by atoms with Crippen molar-refractivity contribution < 1.29 is 14.4 Å². The first kappa shape index (κ1) is 15.4. The standard InChI is InChI=1S/C12H15BrFN3O2/c1-2-3-10(11(15)17-19)16-12(18)8-5-4-7(13)6-9(8)14/h4-6,10,19H,2-3H2,1H3,(H2,15,17)(H,16,18). The highest BCUT2D eigenvalue weighted by Crippen LogP contribution is 2.15. The molecule has 0 saturated heterocycles. The predicted molar refractivity (Wildman–Crippen MR) is 73.7 cm³/mol. The van der Waals surface area contributed by atoms with E-state index < -0.39 is 17.8 Å². The molecule has 0 aromatic heterocycles. The molecule has 0 spiro atoms. The van der Waals surface area contributed by atoms with E-state index in [2.05, 4.69) is 26.4 Å². The van der Waals surface area contributed by atoms with Crippen LogP contribution in [0.5, 0.6) is 0 Å². The van der Waals surface area contributed by atoms with Crippen LogP contribution in [0.25, 0.3) is 0 Å². The van der Waals surface area contributed by atoms with Crippen LogP contribution in [0.3, 0.4) is 0 Å². The third-order valence-electron chi connectivity index (χ3n) is 2.53. The van der Waals surface area contributed by atoms with Gasteiger partial charge in [-0.1, -0.05) is 34.4 Å². The Morgan fingerprint density at radius 1 is 1.63 bits per heavy atom. The van der Waals surface area contributed by atoms with Crippen LogP contribution in [0, 0.1) is 5.82 Å². The molecule has 0 bridgehead atoms.